The lowest BCUT2D eigenvalue weighted by Gasteiger charge is -2.31. The molecule has 1 aliphatic rings. The molecule has 0 spiro atoms. The second kappa shape index (κ2) is 10.9. The van der Waals surface area contributed by atoms with E-state index in [9.17, 15) is 9.59 Å². The van der Waals surface area contributed by atoms with Gasteiger partial charge in [0.25, 0.3) is 0 Å². The Balaban J connectivity index is 1.53. The van der Waals surface area contributed by atoms with Crippen LogP contribution in [-0.2, 0) is 9.53 Å². The van der Waals surface area contributed by atoms with E-state index in [1.807, 2.05) is 51.1 Å². The SMILES string of the molecule is CCCNC(=O)COC1CCN(CC(=O)c2cc(C)n(-c3ccc(Cl)cc3)c2C)CC1. The first-order valence-electron chi connectivity index (χ1n) is 11.0. The Morgan fingerprint density at radius 3 is 2.48 bits per heavy atom. The minimum Gasteiger partial charge on any atom is -0.368 e. The van der Waals surface area contributed by atoms with Crippen LogP contribution in [0, 0.1) is 13.8 Å². The fourth-order valence-electron chi connectivity index (χ4n) is 4.06. The molecule has 0 saturated carbocycles. The number of likely N-dealkylation sites (tertiary alicyclic amines) is 1. The van der Waals surface area contributed by atoms with Crippen molar-refractivity contribution < 1.29 is 14.3 Å². The molecule has 7 heteroatoms. The van der Waals surface area contributed by atoms with Crippen molar-refractivity contribution in [1.29, 1.82) is 0 Å². The molecule has 1 aromatic carbocycles. The molecule has 1 aromatic heterocycles. The van der Waals surface area contributed by atoms with Crippen LogP contribution in [-0.4, -0.2) is 60.0 Å². The number of Topliss-reactive ketones (excluding diaryl/α,β-unsaturated/α-hetero) is 1. The van der Waals surface area contributed by atoms with Crippen LogP contribution in [0.25, 0.3) is 5.69 Å². The second-order valence-electron chi connectivity index (χ2n) is 8.16. The number of piperidine rings is 1. The zero-order valence-electron chi connectivity index (χ0n) is 18.6. The normalized spacial score (nSPS) is 15.2. The Morgan fingerprint density at radius 1 is 1.16 bits per heavy atom. The van der Waals surface area contributed by atoms with E-state index in [-0.39, 0.29) is 24.4 Å². The molecule has 6 nitrogen and oxygen atoms in total. The number of nitrogens with one attached hydrogen (secondary N) is 1. The van der Waals surface area contributed by atoms with E-state index >= 15 is 0 Å². The standard InChI is InChI=1S/C24H32ClN3O3/c1-4-11-26-24(30)16-31-21-9-12-27(13-10-21)15-23(29)22-14-17(2)28(18(22)3)20-7-5-19(25)6-8-20/h5-8,14,21H,4,9-13,15-16H2,1-3H3,(H,26,30). The number of ether oxygens (including phenoxy) is 1. The molecule has 0 atom stereocenters. The topological polar surface area (TPSA) is 63.6 Å². The van der Waals surface area contributed by atoms with Gasteiger partial charge >= 0.3 is 0 Å². The van der Waals surface area contributed by atoms with Gasteiger partial charge in [-0.2, -0.15) is 0 Å². The van der Waals surface area contributed by atoms with Gasteiger partial charge in [-0.1, -0.05) is 18.5 Å². The highest BCUT2D eigenvalue weighted by atomic mass is 35.5. The van der Waals surface area contributed by atoms with Gasteiger partial charge in [-0.25, -0.2) is 0 Å². The van der Waals surface area contributed by atoms with Crippen LogP contribution in [0.4, 0.5) is 0 Å². The average Bonchev–Trinajstić information content (AvgIpc) is 3.06. The zero-order valence-corrected chi connectivity index (χ0v) is 19.4. The molecule has 2 aromatic rings. The smallest absolute Gasteiger partial charge is 0.246 e. The Hall–Kier alpha value is -2.15. The minimum atomic E-state index is -0.0597. The Kier molecular flexibility index (Phi) is 8.29. The van der Waals surface area contributed by atoms with Crippen LogP contribution in [0.1, 0.15) is 47.9 Å². The predicted molar refractivity (Wildman–Crippen MR) is 123 cm³/mol. The number of carbonyl (C=O) groups is 2. The number of amides is 1. The summed E-state index contributed by atoms with van der Waals surface area (Å²) in [6.45, 7) is 8.80. The van der Waals surface area contributed by atoms with E-state index < -0.39 is 0 Å². The molecule has 1 aliphatic heterocycles. The van der Waals surface area contributed by atoms with Crippen molar-refractivity contribution >= 4 is 23.3 Å². The molecule has 168 valence electrons. The maximum absolute atomic E-state index is 13.0. The summed E-state index contributed by atoms with van der Waals surface area (Å²) in [7, 11) is 0. The summed E-state index contributed by atoms with van der Waals surface area (Å²) < 4.78 is 7.83. The van der Waals surface area contributed by atoms with Crippen LogP contribution in [0.5, 0.6) is 0 Å². The lowest BCUT2D eigenvalue weighted by molar-refractivity contribution is -0.128. The first-order chi connectivity index (χ1) is 14.9. The molecule has 0 bridgehead atoms. The van der Waals surface area contributed by atoms with Crippen molar-refractivity contribution in [3.05, 3.63) is 52.3 Å². The molecule has 2 heterocycles. The molecule has 1 N–H and O–H groups in total. The van der Waals surface area contributed by atoms with Crippen LogP contribution in [0.15, 0.2) is 30.3 Å². The first-order valence-corrected chi connectivity index (χ1v) is 11.4. The van der Waals surface area contributed by atoms with Gasteiger partial charge in [0.05, 0.1) is 12.6 Å². The lowest BCUT2D eigenvalue weighted by atomic mass is 10.1. The maximum atomic E-state index is 13.0. The maximum Gasteiger partial charge on any atom is 0.246 e. The van der Waals surface area contributed by atoms with Crippen LogP contribution >= 0.6 is 11.6 Å². The van der Waals surface area contributed by atoms with Gasteiger partial charge in [0, 0.05) is 47.3 Å². The zero-order chi connectivity index (χ0) is 22.4. The van der Waals surface area contributed by atoms with Crippen molar-refractivity contribution in [2.75, 3.05) is 32.8 Å². The van der Waals surface area contributed by atoms with E-state index in [0.29, 0.717) is 18.1 Å². The highest BCUT2D eigenvalue weighted by Gasteiger charge is 2.24. The van der Waals surface area contributed by atoms with Gasteiger partial charge in [0.1, 0.15) is 6.61 Å². The molecular weight excluding hydrogens is 414 g/mol. The number of carbonyl (C=O) groups excluding carboxylic acids is 2. The summed E-state index contributed by atoms with van der Waals surface area (Å²) in [5, 5.41) is 3.51. The molecule has 31 heavy (non-hydrogen) atoms. The average molecular weight is 446 g/mol. The fourth-order valence-corrected chi connectivity index (χ4v) is 4.19. The number of nitrogens with zero attached hydrogens (tertiary/aromatic N) is 2. The number of rotatable bonds is 9. The Morgan fingerprint density at radius 2 is 1.84 bits per heavy atom. The third-order valence-corrected chi connectivity index (χ3v) is 5.99. The minimum absolute atomic E-state index is 0.0597. The molecule has 0 aliphatic carbocycles. The molecular formula is C24H32ClN3O3. The number of hydrogen-bond acceptors (Lipinski definition) is 4. The molecule has 1 amide bonds. The lowest BCUT2D eigenvalue weighted by Crippen LogP contribution is -2.41. The van der Waals surface area contributed by atoms with Crippen LogP contribution < -0.4 is 5.32 Å². The van der Waals surface area contributed by atoms with Gasteiger partial charge in [0.2, 0.25) is 5.91 Å². The first kappa shape index (κ1) is 23.5. The number of ketones is 1. The summed E-state index contributed by atoms with van der Waals surface area (Å²) in [5.41, 5.74) is 3.73. The molecule has 3 rings (SSSR count). The predicted octanol–water partition coefficient (Wildman–Crippen LogP) is 3.94. The van der Waals surface area contributed by atoms with Crippen molar-refractivity contribution in [3.63, 3.8) is 0 Å². The number of aromatic nitrogens is 1. The summed E-state index contributed by atoms with van der Waals surface area (Å²) in [6.07, 6.45) is 2.66. The van der Waals surface area contributed by atoms with Gasteiger partial charge in [0.15, 0.2) is 5.78 Å². The van der Waals surface area contributed by atoms with Gasteiger partial charge in [-0.05, 0) is 63.4 Å². The van der Waals surface area contributed by atoms with Gasteiger partial charge < -0.3 is 14.6 Å². The molecule has 1 fully saturated rings. The summed E-state index contributed by atoms with van der Waals surface area (Å²) in [4.78, 5) is 26.9. The van der Waals surface area contributed by atoms with Crippen molar-refractivity contribution in [1.82, 2.24) is 14.8 Å². The van der Waals surface area contributed by atoms with E-state index in [0.717, 1.165) is 55.0 Å². The van der Waals surface area contributed by atoms with E-state index in [1.54, 1.807) is 0 Å². The Bertz CT molecular complexity index is 900. The van der Waals surface area contributed by atoms with Crippen molar-refractivity contribution in [3.8, 4) is 5.69 Å². The number of aryl methyl sites for hydroxylation is 1. The molecule has 0 unspecified atom stereocenters. The number of halogens is 1. The summed E-state index contributed by atoms with van der Waals surface area (Å²) in [5.74, 6) is 0.0714. The van der Waals surface area contributed by atoms with E-state index in [4.69, 9.17) is 16.3 Å². The van der Waals surface area contributed by atoms with Crippen molar-refractivity contribution in [2.24, 2.45) is 0 Å². The third kappa shape index (κ3) is 6.19. The molecule has 0 radical (unpaired) electrons. The Labute approximate surface area is 189 Å². The van der Waals surface area contributed by atoms with Crippen molar-refractivity contribution in [2.45, 2.75) is 46.1 Å². The van der Waals surface area contributed by atoms with Crippen LogP contribution in [0.3, 0.4) is 0 Å². The van der Waals surface area contributed by atoms with Gasteiger partial charge in [-0.3, -0.25) is 14.5 Å². The molecule has 1 saturated heterocycles. The monoisotopic (exact) mass is 445 g/mol. The quantitative estimate of drug-likeness (QED) is 0.594. The van der Waals surface area contributed by atoms with Crippen LogP contribution in [0.2, 0.25) is 5.02 Å². The van der Waals surface area contributed by atoms with Gasteiger partial charge in [-0.15, -0.1) is 0 Å². The number of hydrogen-bond donors (Lipinski definition) is 1. The second-order valence-corrected chi connectivity index (χ2v) is 8.59. The largest absolute Gasteiger partial charge is 0.368 e. The summed E-state index contributed by atoms with van der Waals surface area (Å²) in [6, 6.07) is 9.61. The fraction of sp³-hybridized carbons (Fsp3) is 0.500. The highest BCUT2D eigenvalue weighted by molar-refractivity contribution is 6.30. The van der Waals surface area contributed by atoms with E-state index in [2.05, 4.69) is 14.8 Å². The summed E-state index contributed by atoms with van der Waals surface area (Å²) >= 11 is 6.01. The van der Waals surface area contributed by atoms with E-state index in [1.165, 1.54) is 0 Å². The number of benzene rings is 1. The third-order valence-electron chi connectivity index (χ3n) is 5.74. The highest BCUT2D eigenvalue weighted by Crippen LogP contribution is 2.23.